The van der Waals surface area contributed by atoms with Crippen molar-refractivity contribution in [1.29, 1.82) is 5.26 Å². The number of ether oxygens (including phenoxy) is 2. The number of hydrogen-bond donors (Lipinski definition) is 1. The molecule has 9 heteroatoms. The molecule has 0 atom stereocenters. The van der Waals surface area contributed by atoms with E-state index in [2.05, 4.69) is 9.47 Å². The van der Waals surface area contributed by atoms with Gasteiger partial charge in [-0.2, -0.15) is 5.26 Å². The number of amides is 1. The summed E-state index contributed by atoms with van der Waals surface area (Å²) in [6.07, 6.45) is 0.112. The van der Waals surface area contributed by atoms with Crippen molar-refractivity contribution in [2.75, 3.05) is 14.2 Å². The van der Waals surface area contributed by atoms with Gasteiger partial charge in [0.2, 0.25) is 5.91 Å². The summed E-state index contributed by atoms with van der Waals surface area (Å²) in [7, 11) is 2.60. The molecule has 2 aromatic carbocycles. The van der Waals surface area contributed by atoms with Gasteiger partial charge in [-0.15, -0.1) is 0 Å². The second kappa shape index (κ2) is 11.7. The maximum absolute atomic E-state index is 11.0. The minimum Gasteiger partial charge on any atom is -0.469 e. The quantitative estimate of drug-likeness (QED) is 0.718. The highest BCUT2D eigenvalue weighted by molar-refractivity contribution is 6.34. The highest BCUT2D eigenvalue weighted by Gasteiger charge is 2.13. The molecule has 0 radical (unpaired) electrons. The smallest absolute Gasteiger partial charge is 0.310 e. The summed E-state index contributed by atoms with van der Waals surface area (Å²) in [4.78, 5) is 32.9. The van der Waals surface area contributed by atoms with Gasteiger partial charge in [-0.1, -0.05) is 47.5 Å². The summed E-state index contributed by atoms with van der Waals surface area (Å²) < 4.78 is 9.00. The van der Waals surface area contributed by atoms with Gasteiger partial charge in [-0.3, -0.25) is 14.4 Å². The second-order valence-electron chi connectivity index (χ2n) is 5.54. The summed E-state index contributed by atoms with van der Waals surface area (Å²) in [5, 5.41) is 9.21. The number of carbonyl (C=O) groups is 3. The largest absolute Gasteiger partial charge is 0.469 e. The van der Waals surface area contributed by atoms with E-state index < -0.39 is 11.9 Å². The van der Waals surface area contributed by atoms with Crippen molar-refractivity contribution in [2.24, 2.45) is 5.73 Å². The van der Waals surface area contributed by atoms with E-state index in [1.54, 1.807) is 30.3 Å². The first-order valence-corrected chi connectivity index (χ1v) is 8.89. The van der Waals surface area contributed by atoms with Crippen molar-refractivity contribution in [3.8, 4) is 6.07 Å². The van der Waals surface area contributed by atoms with Gasteiger partial charge in [0.25, 0.3) is 0 Å². The fourth-order valence-electron chi connectivity index (χ4n) is 2.16. The molecule has 1 amide bonds. The average molecular weight is 437 g/mol. The third-order valence-electron chi connectivity index (χ3n) is 3.67. The number of rotatable bonds is 5. The zero-order chi connectivity index (χ0) is 22.0. The van der Waals surface area contributed by atoms with Gasteiger partial charge >= 0.3 is 11.9 Å². The Morgan fingerprint density at radius 1 is 0.931 bits per heavy atom. The standard InChI is InChI=1S/C10H10ClNO3.C10H8ClNO2/c1-15-8(13)5-6-3-2-4-7(9(6)11)10(12)14;1-14-9(13)5-7-3-2-4-8(6-12)10(7)11/h2-4H,5H2,1H3,(H2,12,14);2-4H,5H2,1H3. The van der Waals surface area contributed by atoms with Crippen molar-refractivity contribution >= 4 is 41.0 Å². The summed E-state index contributed by atoms with van der Waals surface area (Å²) in [5.41, 5.74) is 6.82. The van der Waals surface area contributed by atoms with E-state index in [0.29, 0.717) is 21.7 Å². The lowest BCUT2D eigenvalue weighted by Gasteiger charge is -2.05. The highest BCUT2D eigenvalue weighted by Crippen LogP contribution is 2.22. The number of esters is 2. The molecular formula is C20H18Cl2N2O5. The van der Waals surface area contributed by atoms with Crippen LogP contribution in [0.4, 0.5) is 0 Å². The maximum atomic E-state index is 11.0. The molecule has 0 aliphatic carbocycles. The van der Waals surface area contributed by atoms with E-state index in [-0.39, 0.29) is 29.4 Å². The van der Waals surface area contributed by atoms with E-state index in [4.69, 9.17) is 34.2 Å². The van der Waals surface area contributed by atoms with E-state index >= 15 is 0 Å². The molecule has 0 heterocycles. The topological polar surface area (TPSA) is 119 Å². The molecule has 0 unspecified atom stereocenters. The van der Waals surface area contributed by atoms with Crippen LogP contribution in [0, 0.1) is 11.3 Å². The molecular weight excluding hydrogens is 419 g/mol. The van der Waals surface area contributed by atoms with Gasteiger partial charge in [0, 0.05) is 0 Å². The molecule has 2 aromatic rings. The van der Waals surface area contributed by atoms with Gasteiger partial charge in [-0.05, 0) is 23.3 Å². The Bertz CT molecular complexity index is 954. The molecule has 2 rings (SSSR count). The summed E-state index contributed by atoms with van der Waals surface area (Å²) in [6.45, 7) is 0. The molecule has 2 N–H and O–H groups in total. The van der Waals surface area contributed by atoms with Crippen molar-refractivity contribution in [3.05, 3.63) is 68.7 Å². The molecule has 29 heavy (non-hydrogen) atoms. The molecule has 0 bridgehead atoms. The summed E-state index contributed by atoms with van der Waals surface area (Å²) in [6, 6.07) is 11.7. The third kappa shape index (κ3) is 7.11. The predicted molar refractivity (Wildman–Crippen MR) is 108 cm³/mol. The van der Waals surface area contributed by atoms with E-state index in [9.17, 15) is 14.4 Å². The first-order valence-electron chi connectivity index (χ1n) is 8.13. The molecule has 0 aliphatic heterocycles. The SMILES string of the molecule is COC(=O)Cc1cccc(C#N)c1Cl.COC(=O)Cc1cccc(C(N)=O)c1Cl. The van der Waals surface area contributed by atoms with Gasteiger partial charge in [0.1, 0.15) is 6.07 Å². The lowest BCUT2D eigenvalue weighted by molar-refractivity contribution is -0.140. The van der Waals surface area contributed by atoms with E-state index in [1.165, 1.54) is 20.3 Å². The Labute approximate surface area is 177 Å². The fourth-order valence-corrected chi connectivity index (χ4v) is 2.69. The van der Waals surface area contributed by atoms with E-state index in [1.807, 2.05) is 6.07 Å². The van der Waals surface area contributed by atoms with Crippen LogP contribution in [-0.2, 0) is 31.9 Å². The minimum atomic E-state index is -0.619. The molecule has 152 valence electrons. The van der Waals surface area contributed by atoms with Crippen LogP contribution in [-0.4, -0.2) is 32.1 Å². The molecule has 0 saturated carbocycles. The number of benzene rings is 2. The summed E-state index contributed by atoms with van der Waals surface area (Å²) >= 11 is 11.8. The van der Waals surface area contributed by atoms with Crippen LogP contribution in [0.2, 0.25) is 10.0 Å². The Morgan fingerprint density at radius 3 is 1.86 bits per heavy atom. The molecule has 7 nitrogen and oxygen atoms in total. The fraction of sp³-hybridized carbons (Fsp3) is 0.200. The second-order valence-corrected chi connectivity index (χ2v) is 6.30. The van der Waals surface area contributed by atoms with Crippen LogP contribution in [0.25, 0.3) is 0 Å². The molecule has 0 spiro atoms. The number of primary amides is 1. The van der Waals surface area contributed by atoms with Crippen molar-refractivity contribution in [1.82, 2.24) is 0 Å². The van der Waals surface area contributed by atoms with Crippen LogP contribution < -0.4 is 5.73 Å². The average Bonchev–Trinajstić information content (AvgIpc) is 2.71. The third-order valence-corrected chi connectivity index (χ3v) is 4.56. The van der Waals surface area contributed by atoms with Crippen LogP contribution in [0.15, 0.2) is 36.4 Å². The van der Waals surface area contributed by atoms with Gasteiger partial charge in [0.05, 0.1) is 48.2 Å². The van der Waals surface area contributed by atoms with Gasteiger partial charge in [-0.25, -0.2) is 0 Å². The van der Waals surface area contributed by atoms with Crippen LogP contribution in [0.1, 0.15) is 27.0 Å². The number of carbonyl (C=O) groups excluding carboxylic acids is 3. The zero-order valence-corrected chi connectivity index (χ0v) is 17.2. The molecule has 0 saturated heterocycles. The van der Waals surface area contributed by atoms with Crippen molar-refractivity contribution < 1.29 is 23.9 Å². The number of nitrogens with two attached hydrogens (primary N) is 1. The maximum Gasteiger partial charge on any atom is 0.310 e. The normalized spacial score (nSPS) is 9.48. The lowest BCUT2D eigenvalue weighted by Crippen LogP contribution is -2.13. The first-order chi connectivity index (χ1) is 13.7. The Hall–Kier alpha value is -3.08. The van der Waals surface area contributed by atoms with E-state index in [0.717, 1.165) is 0 Å². The molecule has 0 aromatic heterocycles. The number of methoxy groups -OCH3 is 2. The highest BCUT2D eigenvalue weighted by atomic mass is 35.5. The monoisotopic (exact) mass is 436 g/mol. The Morgan fingerprint density at radius 2 is 1.41 bits per heavy atom. The first kappa shape index (κ1) is 24.0. The molecule has 0 fully saturated rings. The number of nitrogens with zero attached hydrogens (tertiary/aromatic N) is 1. The van der Waals surface area contributed by atoms with Crippen LogP contribution in [0.3, 0.4) is 0 Å². The number of halogens is 2. The Balaban J connectivity index is 0.000000291. The lowest BCUT2D eigenvalue weighted by atomic mass is 10.1. The summed E-state index contributed by atoms with van der Waals surface area (Å²) in [5.74, 6) is -1.41. The zero-order valence-electron chi connectivity index (χ0n) is 15.7. The van der Waals surface area contributed by atoms with Gasteiger partial charge in [0.15, 0.2) is 0 Å². The van der Waals surface area contributed by atoms with Crippen LogP contribution in [0.5, 0.6) is 0 Å². The van der Waals surface area contributed by atoms with Crippen LogP contribution >= 0.6 is 23.2 Å². The van der Waals surface area contributed by atoms with Crippen molar-refractivity contribution in [2.45, 2.75) is 12.8 Å². The number of hydrogen-bond acceptors (Lipinski definition) is 6. The van der Waals surface area contributed by atoms with Gasteiger partial charge < -0.3 is 15.2 Å². The minimum absolute atomic E-state index is 0.0243. The predicted octanol–water partition coefficient (Wildman–Crippen LogP) is 3.08. The Kier molecular flexibility index (Phi) is 9.66. The number of nitriles is 1. The molecule has 0 aliphatic rings. The van der Waals surface area contributed by atoms with Crippen molar-refractivity contribution in [3.63, 3.8) is 0 Å².